The van der Waals surface area contributed by atoms with Crippen molar-refractivity contribution in [1.82, 2.24) is 4.90 Å². The van der Waals surface area contributed by atoms with Gasteiger partial charge in [-0.2, -0.15) is 0 Å². The minimum Gasteiger partial charge on any atom is -0.491 e. The summed E-state index contributed by atoms with van der Waals surface area (Å²) in [6.07, 6.45) is 4.74. The Hall–Kier alpha value is -2.61. The van der Waals surface area contributed by atoms with Crippen molar-refractivity contribution in [3.63, 3.8) is 0 Å². The number of hydrogen-bond donors (Lipinski definition) is 0. The van der Waals surface area contributed by atoms with Gasteiger partial charge in [-0.25, -0.2) is 17.6 Å². The van der Waals surface area contributed by atoms with Gasteiger partial charge in [0.1, 0.15) is 6.61 Å². The van der Waals surface area contributed by atoms with Gasteiger partial charge in [-0.3, -0.25) is 0 Å². The summed E-state index contributed by atoms with van der Waals surface area (Å²) in [5.41, 5.74) is 0.981. The monoisotopic (exact) mass is 475 g/mol. The van der Waals surface area contributed by atoms with Crippen LogP contribution in [0.4, 0.5) is 9.18 Å². The highest BCUT2D eigenvalue weighted by Gasteiger charge is 2.43. The van der Waals surface area contributed by atoms with E-state index in [1.54, 1.807) is 4.90 Å². The molecule has 178 valence electrons. The first-order chi connectivity index (χ1) is 15.8. The molecule has 0 radical (unpaired) electrons. The molecule has 2 aromatic carbocycles. The summed E-state index contributed by atoms with van der Waals surface area (Å²) in [6.45, 7) is 2.13. The van der Waals surface area contributed by atoms with Crippen molar-refractivity contribution in [3.05, 3.63) is 59.9 Å². The summed E-state index contributed by atoms with van der Waals surface area (Å²) in [4.78, 5) is 14.1. The maximum absolute atomic E-state index is 14.1. The number of amides is 1. The smallest absolute Gasteiger partial charge is 0.410 e. The molecular formula is C25H30FNO5S. The largest absolute Gasteiger partial charge is 0.491 e. The van der Waals surface area contributed by atoms with Crippen molar-refractivity contribution in [1.29, 1.82) is 0 Å². The highest BCUT2D eigenvalue weighted by atomic mass is 32.2. The molecule has 0 bridgehead atoms. The number of rotatable bonds is 8. The lowest BCUT2D eigenvalue weighted by Crippen LogP contribution is -2.39. The molecule has 8 heteroatoms. The summed E-state index contributed by atoms with van der Waals surface area (Å²) in [7, 11) is -3.44. The van der Waals surface area contributed by atoms with Crippen LogP contribution in [0.15, 0.2) is 53.4 Å². The van der Waals surface area contributed by atoms with Crippen molar-refractivity contribution in [2.24, 2.45) is 17.8 Å². The molecule has 6 nitrogen and oxygen atoms in total. The molecule has 0 N–H and O–H groups in total. The first kappa shape index (κ1) is 23.5. The SMILES string of the molecule is CS(=O)(=O)c1ccc(OCC[C@@H]2C[C@@H]2C2CCN(C(=O)OCc3ccccc3)CC2)c(F)c1. The van der Waals surface area contributed by atoms with E-state index in [2.05, 4.69) is 0 Å². The zero-order valence-corrected chi connectivity index (χ0v) is 19.6. The van der Waals surface area contributed by atoms with E-state index in [0.717, 1.165) is 56.7 Å². The van der Waals surface area contributed by atoms with Crippen LogP contribution >= 0.6 is 0 Å². The first-order valence-electron chi connectivity index (χ1n) is 11.4. The fourth-order valence-electron chi connectivity index (χ4n) is 4.65. The van der Waals surface area contributed by atoms with Crippen LogP contribution in [0.2, 0.25) is 0 Å². The molecule has 2 atom stereocenters. The number of carbonyl (C=O) groups excluding carboxylic acids is 1. The van der Waals surface area contributed by atoms with E-state index in [0.29, 0.717) is 31.0 Å². The highest BCUT2D eigenvalue weighted by Crippen LogP contribution is 2.49. The number of sulfone groups is 1. The fraction of sp³-hybridized carbons (Fsp3) is 0.480. The van der Waals surface area contributed by atoms with Crippen molar-refractivity contribution >= 4 is 15.9 Å². The average Bonchev–Trinajstić information content (AvgIpc) is 3.58. The standard InChI is InChI=1S/C25H30FNO5S/c1-33(29,30)21-7-8-24(23(26)16-21)31-14-11-20-15-22(20)19-9-12-27(13-10-19)25(28)32-17-18-5-3-2-4-6-18/h2-8,16,19-20,22H,9-15,17H2,1H3/t20-,22-/m1/s1. The molecule has 1 aliphatic carbocycles. The minimum atomic E-state index is -3.44. The lowest BCUT2D eigenvalue weighted by Gasteiger charge is -2.31. The third kappa shape index (κ3) is 6.25. The zero-order valence-electron chi connectivity index (χ0n) is 18.8. The third-order valence-electron chi connectivity index (χ3n) is 6.66. The molecular weight excluding hydrogens is 445 g/mol. The van der Waals surface area contributed by atoms with E-state index in [4.69, 9.17) is 9.47 Å². The van der Waals surface area contributed by atoms with Crippen molar-refractivity contribution in [3.8, 4) is 5.75 Å². The van der Waals surface area contributed by atoms with Gasteiger partial charge in [0.15, 0.2) is 21.4 Å². The summed E-state index contributed by atoms with van der Waals surface area (Å²) < 4.78 is 48.1. The van der Waals surface area contributed by atoms with E-state index in [-0.39, 0.29) is 16.7 Å². The molecule has 33 heavy (non-hydrogen) atoms. The van der Waals surface area contributed by atoms with Gasteiger partial charge < -0.3 is 14.4 Å². The van der Waals surface area contributed by atoms with E-state index in [1.807, 2.05) is 30.3 Å². The second-order valence-electron chi connectivity index (χ2n) is 9.03. The second kappa shape index (κ2) is 10.1. The Balaban J connectivity index is 1.15. The maximum Gasteiger partial charge on any atom is 0.410 e. The summed E-state index contributed by atoms with van der Waals surface area (Å²) in [5.74, 6) is 1.22. The molecule has 1 amide bonds. The van der Waals surface area contributed by atoms with Crippen LogP contribution in [-0.2, 0) is 21.2 Å². The number of benzene rings is 2. The summed E-state index contributed by atoms with van der Waals surface area (Å²) >= 11 is 0. The van der Waals surface area contributed by atoms with E-state index >= 15 is 0 Å². The molecule has 4 rings (SSSR count). The maximum atomic E-state index is 14.1. The minimum absolute atomic E-state index is 0.0510. The normalized spacial score (nSPS) is 21.0. The number of halogens is 1. The molecule has 2 fully saturated rings. The number of carbonyl (C=O) groups is 1. The Morgan fingerprint density at radius 3 is 2.52 bits per heavy atom. The van der Waals surface area contributed by atoms with Gasteiger partial charge in [0.2, 0.25) is 0 Å². The zero-order chi connectivity index (χ0) is 23.4. The Morgan fingerprint density at radius 2 is 1.85 bits per heavy atom. The van der Waals surface area contributed by atoms with Gasteiger partial charge in [0.05, 0.1) is 11.5 Å². The molecule has 1 saturated heterocycles. The fourth-order valence-corrected chi connectivity index (χ4v) is 5.28. The number of likely N-dealkylation sites (tertiary alicyclic amines) is 1. The van der Waals surface area contributed by atoms with E-state index in [1.165, 1.54) is 12.1 Å². The second-order valence-corrected chi connectivity index (χ2v) is 11.0. The molecule has 1 heterocycles. The molecule has 2 aliphatic rings. The van der Waals surface area contributed by atoms with Crippen LogP contribution in [0.5, 0.6) is 5.75 Å². The van der Waals surface area contributed by atoms with Gasteiger partial charge in [-0.15, -0.1) is 0 Å². The topological polar surface area (TPSA) is 72.9 Å². The number of hydrogen-bond acceptors (Lipinski definition) is 5. The first-order valence-corrected chi connectivity index (χ1v) is 13.3. The van der Waals surface area contributed by atoms with Crippen molar-refractivity contribution < 1.29 is 27.1 Å². The predicted molar refractivity (Wildman–Crippen MR) is 122 cm³/mol. The highest BCUT2D eigenvalue weighted by molar-refractivity contribution is 7.90. The van der Waals surface area contributed by atoms with Crippen LogP contribution in [-0.4, -0.2) is 45.4 Å². The van der Waals surface area contributed by atoms with Gasteiger partial charge >= 0.3 is 6.09 Å². The third-order valence-corrected chi connectivity index (χ3v) is 7.77. The van der Waals surface area contributed by atoms with Gasteiger partial charge in [0, 0.05) is 19.3 Å². The van der Waals surface area contributed by atoms with Crippen LogP contribution in [0.3, 0.4) is 0 Å². The Kier molecular flexibility index (Phi) is 7.22. The quantitative estimate of drug-likeness (QED) is 0.554. The summed E-state index contributed by atoms with van der Waals surface area (Å²) in [6, 6.07) is 13.4. The van der Waals surface area contributed by atoms with Crippen LogP contribution in [0, 0.1) is 23.6 Å². The lowest BCUT2D eigenvalue weighted by atomic mass is 9.91. The van der Waals surface area contributed by atoms with E-state index in [9.17, 15) is 17.6 Å². The molecule has 1 saturated carbocycles. The van der Waals surface area contributed by atoms with Crippen molar-refractivity contribution in [2.75, 3.05) is 26.0 Å². The van der Waals surface area contributed by atoms with Crippen LogP contribution < -0.4 is 4.74 Å². The number of piperidine rings is 1. The van der Waals surface area contributed by atoms with Gasteiger partial charge in [0.25, 0.3) is 0 Å². The number of ether oxygens (including phenoxy) is 2. The Morgan fingerprint density at radius 1 is 1.12 bits per heavy atom. The molecule has 0 spiro atoms. The van der Waals surface area contributed by atoms with Crippen LogP contribution in [0.25, 0.3) is 0 Å². The Labute approximate surface area is 194 Å². The molecule has 2 aromatic rings. The van der Waals surface area contributed by atoms with Crippen molar-refractivity contribution in [2.45, 2.75) is 37.2 Å². The van der Waals surface area contributed by atoms with Crippen LogP contribution in [0.1, 0.15) is 31.2 Å². The predicted octanol–water partition coefficient (Wildman–Crippen LogP) is 4.68. The molecule has 0 aromatic heterocycles. The van der Waals surface area contributed by atoms with Gasteiger partial charge in [-0.05, 0) is 67.2 Å². The average molecular weight is 476 g/mol. The Bertz CT molecular complexity index is 1070. The molecule has 0 unspecified atom stereocenters. The molecule has 1 aliphatic heterocycles. The lowest BCUT2D eigenvalue weighted by molar-refractivity contribution is 0.0796. The van der Waals surface area contributed by atoms with Gasteiger partial charge in [-0.1, -0.05) is 30.3 Å². The summed E-state index contributed by atoms with van der Waals surface area (Å²) in [5, 5.41) is 0. The number of nitrogens with zero attached hydrogens (tertiary/aromatic N) is 1. The van der Waals surface area contributed by atoms with E-state index < -0.39 is 15.7 Å².